The number of halogens is 1. The van der Waals surface area contributed by atoms with Gasteiger partial charge in [-0.05, 0) is 60.9 Å². The number of aryl methyl sites for hydroxylation is 2. The number of benzene rings is 2. The Bertz CT molecular complexity index is 1120. The summed E-state index contributed by atoms with van der Waals surface area (Å²) in [7, 11) is 0. The second-order valence-corrected chi connectivity index (χ2v) is 6.75. The van der Waals surface area contributed by atoms with Crippen molar-refractivity contribution >= 4 is 12.2 Å². The second-order valence-electron chi connectivity index (χ2n) is 6.75. The molecule has 0 aliphatic carbocycles. The fourth-order valence-electron chi connectivity index (χ4n) is 3.06. The zero-order valence-corrected chi connectivity index (χ0v) is 15.7. The Balaban J connectivity index is 1.46. The monoisotopic (exact) mass is 373 g/mol. The molecule has 0 atom stereocenters. The summed E-state index contributed by atoms with van der Waals surface area (Å²) < 4.78 is 15.0. The van der Waals surface area contributed by atoms with Crippen molar-refractivity contribution in [1.29, 1.82) is 0 Å². The van der Waals surface area contributed by atoms with E-state index in [9.17, 15) is 4.39 Å². The van der Waals surface area contributed by atoms with Crippen molar-refractivity contribution in [1.82, 2.24) is 24.7 Å². The van der Waals surface area contributed by atoms with Crippen LogP contribution in [-0.4, -0.2) is 24.7 Å². The van der Waals surface area contributed by atoms with E-state index < -0.39 is 0 Å². The van der Waals surface area contributed by atoms with Crippen LogP contribution in [0.1, 0.15) is 34.0 Å². The Morgan fingerprint density at radius 1 is 1.07 bits per heavy atom. The van der Waals surface area contributed by atoms with Crippen LogP contribution in [0.5, 0.6) is 0 Å². The molecule has 0 amide bonds. The van der Waals surface area contributed by atoms with Gasteiger partial charge in [-0.1, -0.05) is 24.3 Å². The summed E-state index contributed by atoms with van der Waals surface area (Å²) in [5.74, 6) is 1.12. The molecule has 4 rings (SSSR count). The fourth-order valence-corrected chi connectivity index (χ4v) is 3.06. The van der Waals surface area contributed by atoms with E-state index in [1.54, 1.807) is 12.1 Å². The largest absolute Gasteiger partial charge is 0.306 e. The van der Waals surface area contributed by atoms with Crippen LogP contribution in [0.25, 0.3) is 17.8 Å². The lowest BCUT2D eigenvalue weighted by Gasteiger charge is -2.07. The van der Waals surface area contributed by atoms with E-state index in [1.807, 2.05) is 36.2 Å². The van der Waals surface area contributed by atoms with Gasteiger partial charge in [0.2, 0.25) is 0 Å². The Kier molecular flexibility index (Phi) is 4.85. The Labute approximate surface area is 162 Å². The van der Waals surface area contributed by atoms with Crippen molar-refractivity contribution in [2.75, 3.05) is 0 Å². The van der Waals surface area contributed by atoms with Gasteiger partial charge in [0.25, 0.3) is 0 Å². The van der Waals surface area contributed by atoms with E-state index in [0.29, 0.717) is 12.2 Å². The van der Waals surface area contributed by atoms with Crippen molar-refractivity contribution in [3.8, 4) is 5.69 Å². The molecule has 0 saturated heterocycles. The molecule has 1 N–H and O–H groups in total. The van der Waals surface area contributed by atoms with Gasteiger partial charge in [-0.2, -0.15) is 5.10 Å². The summed E-state index contributed by atoms with van der Waals surface area (Å²) in [5, 5.41) is 7.16. The molecule has 0 spiro atoms. The van der Waals surface area contributed by atoms with E-state index in [4.69, 9.17) is 0 Å². The van der Waals surface area contributed by atoms with Gasteiger partial charge >= 0.3 is 0 Å². The SMILES string of the molecule is Cc1cn(-c2ccc(/C=C/c3n[nH]c(Cc4ccc(F)cc4)n3)cc2C)cn1. The first-order valence-electron chi connectivity index (χ1n) is 9.02. The minimum atomic E-state index is -0.241. The number of hydrogen-bond donors (Lipinski definition) is 1. The molecule has 2 aromatic carbocycles. The maximum absolute atomic E-state index is 13.0. The van der Waals surface area contributed by atoms with Gasteiger partial charge in [-0.25, -0.2) is 14.4 Å². The number of nitrogens with one attached hydrogen (secondary N) is 1. The van der Waals surface area contributed by atoms with Crippen LogP contribution in [0.3, 0.4) is 0 Å². The minimum Gasteiger partial charge on any atom is -0.306 e. The summed E-state index contributed by atoms with van der Waals surface area (Å²) in [6.07, 6.45) is 8.28. The van der Waals surface area contributed by atoms with Crippen molar-refractivity contribution in [2.24, 2.45) is 0 Å². The molecule has 0 aliphatic heterocycles. The molecule has 28 heavy (non-hydrogen) atoms. The van der Waals surface area contributed by atoms with Gasteiger partial charge < -0.3 is 4.57 Å². The van der Waals surface area contributed by atoms with Gasteiger partial charge in [0.15, 0.2) is 5.82 Å². The summed E-state index contributed by atoms with van der Waals surface area (Å²) >= 11 is 0. The van der Waals surface area contributed by atoms with Crippen LogP contribution < -0.4 is 0 Å². The molecule has 0 bridgehead atoms. The van der Waals surface area contributed by atoms with Crippen molar-refractivity contribution in [2.45, 2.75) is 20.3 Å². The fraction of sp³-hybridized carbons (Fsp3) is 0.136. The first-order valence-corrected chi connectivity index (χ1v) is 9.02. The zero-order valence-electron chi connectivity index (χ0n) is 15.7. The first-order chi connectivity index (χ1) is 13.6. The topological polar surface area (TPSA) is 59.4 Å². The highest BCUT2D eigenvalue weighted by Gasteiger charge is 2.04. The van der Waals surface area contributed by atoms with E-state index in [2.05, 4.69) is 45.3 Å². The highest BCUT2D eigenvalue weighted by molar-refractivity contribution is 5.68. The van der Waals surface area contributed by atoms with Crippen LogP contribution >= 0.6 is 0 Å². The second kappa shape index (κ2) is 7.60. The third-order valence-electron chi connectivity index (χ3n) is 4.47. The molecule has 5 nitrogen and oxygen atoms in total. The number of aromatic nitrogens is 5. The Hall–Kier alpha value is -3.54. The van der Waals surface area contributed by atoms with E-state index in [1.165, 1.54) is 12.1 Å². The molecule has 140 valence electrons. The number of rotatable bonds is 5. The van der Waals surface area contributed by atoms with Gasteiger partial charge in [0.05, 0.1) is 12.0 Å². The standard InChI is InChI=1S/C22H20FN5/c1-15-11-17(5-9-20(15)28-13-16(2)24-14-28)6-10-21-25-22(27-26-21)12-18-3-7-19(23)8-4-18/h3-11,13-14H,12H2,1-2H3,(H,25,26,27)/b10-6+. The maximum Gasteiger partial charge on any atom is 0.173 e. The Morgan fingerprint density at radius 3 is 2.61 bits per heavy atom. The summed E-state index contributed by atoms with van der Waals surface area (Å²) in [6.45, 7) is 4.06. The molecule has 6 heteroatoms. The van der Waals surface area contributed by atoms with Gasteiger partial charge in [-0.3, -0.25) is 5.10 Å². The number of nitrogens with zero attached hydrogens (tertiary/aromatic N) is 4. The molecule has 0 saturated carbocycles. The zero-order chi connectivity index (χ0) is 19.5. The lowest BCUT2D eigenvalue weighted by atomic mass is 10.1. The molecular formula is C22H20FN5. The third-order valence-corrected chi connectivity index (χ3v) is 4.47. The summed E-state index contributed by atoms with van der Waals surface area (Å²) in [6, 6.07) is 12.6. The predicted molar refractivity (Wildman–Crippen MR) is 108 cm³/mol. The van der Waals surface area contributed by atoms with Gasteiger partial charge in [0.1, 0.15) is 11.6 Å². The van der Waals surface area contributed by atoms with Crippen LogP contribution in [0.15, 0.2) is 55.0 Å². The van der Waals surface area contributed by atoms with Crippen LogP contribution in [0.2, 0.25) is 0 Å². The van der Waals surface area contributed by atoms with E-state index in [-0.39, 0.29) is 5.82 Å². The smallest absolute Gasteiger partial charge is 0.173 e. The normalized spacial score (nSPS) is 11.4. The quantitative estimate of drug-likeness (QED) is 0.560. The van der Waals surface area contributed by atoms with Crippen LogP contribution in [0, 0.1) is 19.7 Å². The minimum absolute atomic E-state index is 0.241. The molecule has 4 aromatic rings. The van der Waals surface area contributed by atoms with Gasteiger partial charge in [-0.15, -0.1) is 0 Å². The number of aromatic amines is 1. The first kappa shape index (κ1) is 17.9. The molecular weight excluding hydrogens is 353 g/mol. The molecule has 0 aliphatic rings. The molecule has 0 fully saturated rings. The van der Waals surface area contributed by atoms with E-state index in [0.717, 1.165) is 33.9 Å². The third kappa shape index (κ3) is 4.06. The van der Waals surface area contributed by atoms with Crippen LogP contribution in [-0.2, 0) is 6.42 Å². The lowest BCUT2D eigenvalue weighted by Crippen LogP contribution is -1.94. The average molecular weight is 373 g/mol. The number of H-pyrrole nitrogens is 1. The molecule has 0 unspecified atom stereocenters. The molecule has 2 aromatic heterocycles. The maximum atomic E-state index is 13.0. The predicted octanol–water partition coefficient (Wildman–Crippen LogP) is 4.51. The summed E-state index contributed by atoms with van der Waals surface area (Å²) in [4.78, 5) is 8.75. The highest BCUT2D eigenvalue weighted by atomic mass is 19.1. The Morgan fingerprint density at radius 2 is 1.89 bits per heavy atom. The van der Waals surface area contributed by atoms with Crippen LogP contribution in [0.4, 0.5) is 4.39 Å². The average Bonchev–Trinajstić information content (AvgIpc) is 3.31. The number of imidazole rings is 1. The van der Waals surface area contributed by atoms with Crippen molar-refractivity contribution in [3.05, 3.63) is 94.8 Å². The molecule has 0 radical (unpaired) electrons. The lowest BCUT2D eigenvalue weighted by molar-refractivity contribution is 0.627. The van der Waals surface area contributed by atoms with Crippen molar-refractivity contribution in [3.63, 3.8) is 0 Å². The molecule has 2 heterocycles. The van der Waals surface area contributed by atoms with Gasteiger partial charge in [0, 0.05) is 18.3 Å². The number of hydrogen-bond acceptors (Lipinski definition) is 3. The van der Waals surface area contributed by atoms with Crippen molar-refractivity contribution < 1.29 is 4.39 Å². The highest BCUT2D eigenvalue weighted by Crippen LogP contribution is 2.18. The summed E-state index contributed by atoms with van der Waals surface area (Å²) in [5.41, 5.74) is 5.31. The van der Waals surface area contributed by atoms with E-state index >= 15 is 0 Å².